The second kappa shape index (κ2) is 29.6. The summed E-state index contributed by atoms with van der Waals surface area (Å²) in [7, 11) is 0. The van der Waals surface area contributed by atoms with Gasteiger partial charge in [0.1, 0.15) is 19.3 Å². The Labute approximate surface area is 259 Å². The summed E-state index contributed by atoms with van der Waals surface area (Å²) in [6.45, 7) is 17.8. The van der Waals surface area contributed by atoms with E-state index >= 15 is 0 Å². The Morgan fingerprint density at radius 3 is 1.90 bits per heavy atom. The second-order valence-corrected chi connectivity index (χ2v) is 11.6. The quantitative estimate of drug-likeness (QED) is 0.0518. The minimum atomic E-state index is -0.656. The zero-order valence-electron chi connectivity index (χ0n) is 27.9. The van der Waals surface area contributed by atoms with E-state index in [-0.39, 0.29) is 25.3 Å². The van der Waals surface area contributed by atoms with Crippen molar-refractivity contribution in [1.82, 2.24) is 9.80 Å². The summed E-state index contributed by atoms with van der Waals surface area (Å²) in [4.78, 5) is 29.3. The van der Waals surface area contributed by atoms with Crippen LogP contribution in [-0.2, 0) is 19.0 Å². The topological polar surface area (TPSA) is 88.5 Å². The predicted molar refractivity (Wildman–Crippen MR) is 173 cm³/mol. The first-order valence-corrected chi connectivity index (χ1v) is 17.3. The molecule has 0 aromatic rings. The molecule has 0 aliphatic carbocycles. The largest absolute Gasteiger partial charge is 0.508 e. The number of unbranched alkanes of at least 4 members (excludes halogenated alkanes) is 7. The van der Waals surface area contributed by atoms with Crippen LogP contribution in [0.4, 0.5) is 4.79 Å². The van der Waals surface area contributed by atoms with Gasteiger partial charge >= 0.3 is 12.1 Å². The SMILES string of the molecule is [CH2+]CN(CC)CCN(CCO)CCOC(=O)OC(CCCCCC)CCCC(=O)OCC(CCCCC)CCCCC. The van der Waals surface area contributed by atoms with E-state index in [1.54, 1.807) is 0 Å². The van der Waals surface area contributed by atoms with E-state index < -0.39 is 6.16 Å². The zero-order chi connectivity index (χ0) is 31.3. The molecular weight excluding hydrogens is 532 g/mol. The summed E-state index contributed by atoms with van der Waals surface area (Å²) in [5.74, 6) is 0.307. The first-order valence-electron chi connectivity index (χ1n) is 17.3. The lowest BCUT2D eigenvalue weighted by molar-refractivity contribution is -0.145. The Bertz CT molecular complexity index is 607. The van der Waals surface area contributed by atoms with E-state index in [1.807, 2.05) is 0 Å². The summed E-state index contributed by atoms with van der Waals surface area (Å²) in [5.41, 5.74) is 0. The number of aliphatic hydroxyl groups is 1. The van der Waals surface area contributed by atoms with Crippen molar-refractivity contribution in [2.45, 2.75) is 137 Å². The van der Waals surface area contributed by atoms with Gasteiger partial charge in [-0.3, -0.25) is 14.6 Å². The lowest BCUT2D eigenvalue weighted by atomic mass is 9.96. The molecule has 0 bridgehead atoms. The fraction of sp³-hybridized carbons (Fsp3) is 0.912. The van der Waals surface area contributed by atoms with Crippen molar-refractivity contribution in [3.63, 3.8) is 0 Å². The average molecular weight is 600 g/mol. The Morgan fingerprint density at radius 2 is 1.31 bits per heavy atom. The highest BCUT2D eigenvalue weighted by Crippen LogP contribution is 2.19. The maximum absolute atomic E-state index is 12.5. The van der Waals surface area contributed by atoms with Crippen LogP contribution in [0.2, 0.25) is 0 Å². The van der Waals surface area contributed by atoms with Crippen LogP contribution in [0.1, 0.15) is 130 Å². The van der Waals surface area contributed by atoms with Crippen molar-refractivity contribution in [2.24, 2.45) is 5.92 Å². The lowest BCUT2D eigenvalue weighted by Crippen LogP contribution is -2.38. The Morgan fingerprint density at radius 1 is 0.714 bits per heavy atom. The monoisotopic (exact) mass is 599 g/mol. The van der Waals surface area contributed by atoms with Crippen LogP contribution in [0, 0.1) is 12.8 Å². The molecule has 0 aliphatic heterocycles. The summed E-state index contributed by atoms with van der Waals surface area (Å²) in [6.07, 6.45) is 15.4. The molecule has 0 spiro atoms. The van der Waals surface area contributed by atoms with Crippen molar-refractivity contribution in [2.75, 3.05) is 59.1 Å². The van der Waals surface area contributed by atoms with E-state index in [0.717, 1.165) is 71.1 Å². The molecule has 0 radical (unpaired) electrons. The Hall–Kier alpha value is -1.51. The molecule has 0 heterocycles. The van der Waals surface area contributed by atoms with Gasteiger partial charge in [-0.15, -0.1) is 0 Å². The summed E-state index contributed by atoms with van der Waals surface area (Å²) in [6, 6.07) is 0. The van der Waals surface area contributed by atoms with E-state index in [0.29, 0.717) is 44.9 Å². The first kappa shape index (κ1) is 40.5. The molecule has 0 aliphatic rings. The molecule has 0 fully saturated rings. The molecule has 0 saturated carbocycles. The third-order valence-corrected chi connectivity index (χ3v) is 8.00. The molecule has 1 unspecified atom stereocenters. The normalized spacial score (nSPS) is 12.3. The lowest BCUT2D eigenvalue weighted by Gasteiger charge is -2.24. The molecule has 0 rings (SSSR count). The molecule has 0 aromatic heterocycles. The molecule has 1 atom stereocenters. The van der Waals surface area contributed by atoms with Crippen LogP contribution in [0.25, 0.3) is 0 Å². The van der Waals surface area contributed by atoms with Crippen molar-refractivity contribution >= 4 is 12.1 Å². The van der Waals surface area contributed by atoms with Crippen molar-refractivity contribution in [3.05, 3.63) is 6.92 Å². The van der Waals surface area contributed by atoms with Gasteiger partial charge in [-0.25, -0.2) is 4.79 Å². The van der Waals surface area contributed by atoms with Gasteiger partial charge in [-0.1, -0.05) is 85.5 Å². The standard InChI is InChI=1S/C34H67N2O6/c1-6-11-14-17-21-32(42-34(39)40-29-27-36(26-28-37)25-24-35(9-4)10-5)22-18-23-33(38)41-30-31(19-15-12-7-2)20-16-13-8-3/h31-32,37H,4,6-30H2,1-3,5H3/q+1. The average Bonchev–Trinajstić information content (AvgIpc) is 2.98. The highest BCUT2D eigenvalue weighted by Gasteiger charge is 2.18. The van der Waals surface area contributed by atoms with Crippen molar-refractivity contribution in [1.29, 1.82) is 0 Å². The van der Waals surface area contributed by atoms with E-state index in [2.05, 4.69) is 44.4 Å². The molecule has 1 N–H and O–H groups in total. The number of hydrogen-bond acceptors (Lipinski definition) is 8. The number of likely N-dealkylation sites (N-methyl/N-ethyl adjacent to an activating group) is 1. The van der Waals surface area contributed by atoms with Crippen molar-refractivity contribution in [3.8, 4) is 0 Å². The predicted octanol–water partition coefficient (Wildman–Crippen LogP) is 7.42. The molecule has 8 heteroatoms. The molecule has 42 heavy (non-hydrogen) atoms. The highest BCUT2D eigenvalue weighted by molar-refractivity contribution is 5.69. The van der Waals surface area contributed by atoms with Crippen LogP contribution in [0.3, 0.4) is 0 Å². The summed E-state index contributed by atoms with van der Waals surface area (Å²) >= 11 is 0. The third kappa shape index (κ3) is 24.0. The van der Waals surface area contributed by atoms with Gasteiger partial charge in [-0.2, -0.15) is 0 Å². The number of nitrogens with zero attached hydrogens (tertiary/aromatic N) is 2. The number of ether oxygens (including phenoxy) is 3. The maximum atomic E-state index is 12.5. The van der Waals surface area contributed by atoms with E-state index in [9.17, 15) is 14.7 Å². The van der Waals surface area contributed by atoms with Crippen LogP contribution in [0.15, 0.2) is 0 Å². The van der Waals surface area contributed by atoms with Crippen molar-refractivity contribution < 1.29 is 28.9 Å². The van der Waals surface area contributed by atoms with Gasteiger partial charge in [-0.05, 0) is 51.0 Å². The third-order valence-electron chi connectivity index (χ3n) is 8.00. The van der Waals surface area contributed by atoms with Crippen LogP contribution < -0.4 is 0 Å². The maximum Gasteiger partial charge on any atom is 0.508 e. The molecule has 248 valence electrons. The Balaban J connectivity index is 4.63. The van der Waals surface area contributed by atoms with Crippen LogP contribution in [0.5, 0.6) is 0 Å². The second-order valence-electron chi connectivity index (χ2n) is 11.6. The number of carbonyl (C=O) groups excluding carboxylic acids is 2. The smallest absolute Gasteiger partial charge is 0.465 e. The molecule has 0 saturated heterocycles. The van der Waals surface area contributed by atoms with Crippen LogP contribution in [-0.4, -0.2) is 92.2 Å². The first-order chi connectivity index (χ1) is 20.4. The number of esters is 1. The van der Waals surface area contributed by atoms with E-state index in [4.69, 9.17) is 14.2 Å². The van der Waals surface area contributed by atoms with Crippen LogP contribution >= 0.6 is 0 Å². The fourth-order valence-corrected chi connectivity index (χ4v) is 5.11. The number of hydrogen-bond donors (Lipinski definition) is 1. The number of aliphatic hydroxyl groups excluding tert-OH is 1. The van der Waals surface area contributed by atoms with Gasteiger partial charge in [0.15, 0.2) is 0 Å². The highest BCUT2D eigenvalue weighted by atomic mass is 16.7. The van der Waals surface area contributed by atoms with Gasteiger partial charge in [0.25, 0.3) is 0 Å². The number of carbonyl (C=O) groups is 2. The molecule has 0 amide bonds. The fourth-order valence-electron chi connectivity index (χ4n) is 5.11. The molecular formula is C34H67N2O6+. The van der Waals surface area contributed by atoms with Gasteiger partial charge in [0.05, 0.1) is 20.1 Å². The van der Waals surface area contributed by atoms with Gasteiger partial charge in [0, 0.05) is 32.6 Å². The zero-order valence-corrected chi connectivity index (χ0v) is 27.9. The van der Waals surface area contributed by atoms with Gasteiger partial charge in [0.2, 0.25) is 0 Å². The summed E-state index contributed by atoms with van der Waals surface area (Å²) < 4.78 is 16.8. The minimum absolute atomic E-state index is 0.0571. The van der Waals surface area contributed by atoms with E-state index in [1.165, 1.54) is 38.5 Å². The minimum Gasteiger partial charge on any atom is -0.465 e. The number of rotatable bonds is 30. The van der Waals surface area contributed by atoms with Gasteiger partial charge < -0.3 is 19.3 Å². The molecule has 8 nitrogen and oxygen atoms in total. The molecule has 0 aromatic carbocycles. The summed E-state index contributed by atoms with van der Waals surface area (Å²) in [5, 5.41) is 9.40. The Kier molecular flexibility index (Phi) is 28.5.